The number of rotatable bonds is 16. The summed E-state index contributed by atoms with van der Waals surface area (Å²) in [6.07, 6.45) is 6.52. The molecule has 4 heterocycles. The van der Waals surface area contributed by atoms with Gasteiger partial charge < -0.3 is 31.1 Å². The molecular weight excluding hydrogens is 879 g/mol. The lowest BCUT2D eigenvalue weighted by Crippen LogP contribution is -2.45. The number of likely N-dealkylation sites (tertiary alicyclic amines) is 2. The van der Waals surface area contributed by atoms with Crippen LogP contribution in [-0.4, -0.2) is 115 Å². The molecule has 3 atom stereocenters. The molecule has 4 amide bonds. The first-order valence-corrected chi connectivity index (χ1v) is 24.2. The number of piperidine rings is 2. The molecule has 374 valence electrons. The smallest absolute Gasteiger partial charge is 0.319 e. The molecule has 0 unspecified atom stereocenters. The first kappa shape index (κ1) is 50.2. The standard InChI is InChI=1S/C26H34FN7O.C25H32FN7O.4H2/c1-4-19-13-21(25-30-31-32-33(25)3)15-24(14-19)29-26(35)28-16-22-17-34(11-9-18(22)2)12-10-20-5-7-23(27)8-6-20;1-3-18-13-21(24-29-30-31-32(24)2)15-22(14-18)28-25(34)27-16-19-7-6-11-33(17-19)12-10-20-8-4-5-9-23(20)26;;;;/h5-8,13-15,18,22H,4,9-12,16-17H2,1-3H3,(H2,28,29,35);4-5,8-9,13-15,19H,3,6-7,10-12,16-17H2,1-2H3,(H2,27,28,34);4*1H/t18-,22-;19-;;;;/m00..../s1. The molecule has 8 rings (SSSR count). The molecule has 0 spiro atoms. The Morgan fingerprint density at radius 1 is 0.681 bits per heavy atom. The number of aryl methyl sites for hydroxylation is 4. The Morgan fingerprint density at radius 3 is 1.84 bits per heavy atom. The number of urea groups is 2. The van der Waals surface area contributed by atoms with E-state index in [0.717, 1.165) is 117 Å². The number of tetrazole rings is 2. The van der Waals surface area contributed by atoms with Gasteiger partial charge in [0.1, 0.15) is 11.6 Å². The van der Waals surface area contributed by atoms with Crippen molar-refractivity contribution in [2.45, 2.75) is 65.7 Å². The van der Waals surface area contributed by atoms with Crippen LogP contribution < -0.4 is 21.3 Å². The van der Waals surface area contributed by atoms with Crippen molar-refractivity contribution in [3.63, 3.8) is 0 Å². The van der Waals surface area contributed by atoms with Crippen LogP contribution in [0.5, 0.6) is 0 Å². The third-order valence-electron chi connectivity index (χ3n) is 13.2. The SMILES string of the molecule is CCc1cc(NC(=O)NC[C@@H]2CCCN(CCc3ccccc3F)C2)cc(-c2nnnn2C)c1.CCc1cc(NC(=O)NC[C@H]2CN(CCc3ccc(F)cc3)CC[C@@H]2C)cc(-c2nnnn2C)c1.[HH].[HH].[HH].[HH]. The van der Waals surface area contributed by atoms with Crippen molar-refractivity contribution in [1.82, 2.24) is 60.8 Å². The maximum absolute atomic E-state index is 13.9. The van der Waals surface area contributed by atoms with Crippen LogP contribution in [0.2, 0.25) is 0 Å². The Bertz CT molecular complexity index is 2620. The molecule has 0 radical (unpaired) electrons. The number of benzene rings is 4. The van der Waals surface area contributed by atoms with Crippen LogP contribution in [0.1, 0.15) is 68.0 Å². The Morgan fingerprint density at radius 2 is 1.26 bits per heavy atom. The average molecular weight is 953 g/mol. The van der Waals surface area contributed by atoms with Crippen LogP contribution in [0.3, 0.4) is 0 Å². The number of amides is 4. The molecule has 2 aliphatic heterocycles. The second-order valence-electron chi connectivity index (χ2n) is 18.3. The summed E-state index contributed by atoms with van der Waals surface area (Å²) in [5.41, 5.74) is 7.25. The highest BCUT2D eigenvalue weighted by Crippen LogP contribution is 2.26. The van der Waals surface area contributed by atoms with Crippen LogP contribution in [0.15, 0.2) is 84.9 Å². The number of nitrogens with zero attached hydrogens (tertiary/aromatic N) is 10. The van der Waals surface area contributed by atoms with Crippen LogP contribution in [0.25, 0.3) is 22.8 Å². The second kappa shape index (κ2) is 24.6. The first-order valence-electron chi connectivity index (χ1n) is 24.2. The van der Waals surface area contributed by atoms with Gasteiger partial charge in [-0.3, -0.25) is 0 Å². The summed E-state index contributed by atoms with van der Waals surface area (Å²) in [7, 11) is 3.58. The molecule has 18 heteroatoms. The lowest BCUT2D eigenvalue weighted by atomic mass is 9.87. The molecule has 0 aliphatic carbocycles. The summed E-state index contributed by atoms with van der Waals surface area (Å²) >= 11 is 0. The Hall–Kier alpha value is -6.66. The van der Waals surface area contributed by atoms with E-state index in [4.69, 9.17) is 0 Å². The zero-order chi connectivity index (χ0) is 48.7. The number of nitrogens with one attached hydrogen (secondary N) is 4. The Labute approximate surface area is 409 Å². The molecule has 0 saturated carbocycles. The van der Waals surface area contributed by atoms with E-state index < -0.39 is 0 Å². The fraction of sp³-hybridized carbons (Fsp3) is 0.451. The van der Waals surface area contributed by atoms with E-state index in [9.17, 15) is 18.4 Å². The van der Waals surface area contributed by atoms with Crippen molar-refractivity contribution in [2.75, 3.05) is 63.0 Å². The van der Waals surface area contributed by atoms with Gasteiger partial charge in [-0.25, -0.2) is 27.7 Å². The number of carbonyl (C=O) groups is 2. The molecule has 69 heavy (non-hydrogen) atoms. The van der Waals surface area contributed by atoms with Gasteiger partial charge in [0.15, 0.2) is 11.6 Å². The quantitative estimate of drug-likeness (QED) is 0.0736. The van der Waals surface area contributed by atoms with E-state index in [2.05, 4.69) is 82.9 Å². The lowest BCUT2D eigenvalue weighted by Gasteiger charge is -2.37. The maximum Gasteiger partial charge on any atom is 0.319 e. The normalized spacial score (nSPS) is 17.4. The number of hydrogen-bond acceptors (Lipinski definition) is 10. The summed E-state index contributed by atoms with van der Waals surface area (Å²) in [5, 5.41) is 35.4. The molecule has 6 aromatic rings. The highest BCUT2D eigenvalue weighted by molar-refractivity contribution is 5.91. The van der Waals surface area contributed by atoms with Gasteiger partial charge in [-0.05, 0) is 173 Å². The van der Waals surface area contributed by atoms with Crippen molar-refractivity contribution in [1.29, 1.82) is 0 Å². The lowest BCUT2D eigenvalue weighted by molar-refractivity contribution is 0.129. The van der Waals surface area contributed by atoms with E-state index in [1.165, 1.54) is 18.2 Å². The van der Waals surface area contributed by atoms with Gasteiger partial charge in [0, 0.05) is 81.6 Å². The summed E-state index contributed by atoms with van der Waals surface area (Å²) in [6, 6.07) is 25.1. The molecule has 2 aromatic heterocycles. The topological polar surface area (TPSA) is 176 Å². The summed E-state index contributed by atoms with van der Waals surface area (Å²) < 4.78 is 30.3. The number of hydrogen-bond donors (Lipinski definition) is 4. The number of carbonyl (C=O) groups excluding carboxylic acids is 2. The van der Waals surface area contributed by atoms with Gasteiger partial charge in [0.25, 0.3) is 0 Å². The van der Waals surface area contributed by atoms with Gasteiger partial charge in [0.2, 0.25) is 0 Å². The van der Waals surface area contributed by atoms with Crippen molar-refractivity contribution >= 4 is 23.4 Å². The highest BCUT2D eigenvalue weighted by atomic mass is 19.1. The molecule has 4 aromatic carbocycles. The van der Waals surface area contributed by atoms with E-state index in [1.807, 2.05) is 60.7 Å². The van der Waals surface area contributed by atoms with Gasteiger partial charge >= 0.3 is 12.1 Å². The molecule has 2 fully saturated rings. The fourth-order valence-electron chi connectivity index (χ4n) is 9.09. The Kier molecular flexibility index (Phi) is 17.9. The monoisotopic (exact) mass is 953 g/mol. The summed E-state index contributed by atoms with van der Waals surface area (Å²) in [4.78, 5) is 30.2. The van der Waals surface area contributed by atoms with Crippen LogP contribution in [-0.2, 0) is 39.8 Å². The van der Waals surface area contributed by atoms with Crippen LogP contribution >= 0.6 is 0 Å². The minimum atomic E-state index is -0.223. The molecule has 0 bridgehead atoms. The zero-order valence-corrected chi connectivity index (χ0v) is 40.5. The minimum absolute atomic E-state index is 0. The van der Waals surface area contributed by atoms with Crippen molar-refractivity contribution in [3.05, 3.63) is 119 Å². The molecule has 2 aliphatic rings. The second-order valence-corrected chi connectivity index (χ2v) is 18.3. The van der Waals surface area contributed by atoms with Crippen molar-refractivity contribution < 1.29 is 24.1 Å². The van der Waals surface area contributed by atoms with Gasteiger partial charge in [-0.2, -0.15) is 0 Å². The highest BCUT2D eigenvalue weighted by Gasteiger charge is 2.27. The predicted octanol–water partition coefficient (Wildman–Crippen LogP) is 8.54. The third kappa shape index (κ3) is 14.7. The van der Waals surface area contributed by atoms with Crippen LogP contribution in [0, 0.1) is 29.4 Å². The zero-order valence-electron chi connectivity index (χ0n) is 40.5. The van der Waals surface area contributed by atoms with Gasteiger partial charge in [-0.1, -0.05) is 51.1 Å². The first-order chi connectivity index (χ1) is 33.4. The van der Waals surface area contributed by atoms with Crippen molar-refractivity contribution in [3.8, 4) is 22.8 Å². The summed E-state index contributed by atoms with van der Waals surface area (Å²) in [5.74, 6) is 2.26. The molecule has 2 saturated heterocycles. The largest absolute Gasteiger partial charge is 0.338 e. The number of halogens is 2. The Balaban J connectivity index is 0.000000365. The third-order valence-corrected chi connectivity index (χ3v) is 13.2. The van der Waals surface area contributed by atoms with Gasteiger partial charge in [0.05, 0.1) is 0 Å². The molecule has 4 N–H and O–H groups in total. The average Bonchev–Trinajstić information content (AvgIpc) is 4.00. The molecule has 16 nitrogen and oxygen atoms in total. The van der Waals surface area contributed by atoms with Crippen LogP contribution in [0.4, 0.5) is 29.7 Å². The minimum Gasteiger partial charge on any atom is -0.338 e. The van der Waals surface area contributed by atoms with Gasteiger partial charge in [-0.15, -0.1) is 10.2 Å². The predicted molar refractivity (Wildman–Crippen MR) is 273 cm³/mol. The molecular formula is C51H74F2N14O2. The fourth-order valence-corrected chi connectivity index (χ4v) is 9.09. The number of anilines is 2. The number of aromatic nitrogens is 8. The maximum atomic E-state index is 13.9. The van der Waals surface area contributed by atoms with E-state index in [1.54, 1.807) is 29.5 Å². The van der Waals surface area contributed by atoms with E-state index >= 15 is 0 Å². The summed E-state index contributed by atoms with van der Waals surface area (Å²) in [6.45, 7) is 13.3. The van der Waals surface area contributed by atoms with Crippen molar-refractivity contribution in [2.24, 2.45) is 31.8 Å². The van der Waals surface area contributed by atoms with E-state index in [0.29, 0.717) is 54.6 Å². The van der Waals surface area contributed by atoms with E-state index in [-0.39, 0.29) is 29.4 Å².